The van der Waals surface area contributed by atoms with Crippen LogP contribution in [0.4, 0.5) is 5.69 Å². The Balaban J connectivity index is 1.80. The third kappa shape index (κ3) is 6.90. The third-order valence-corrected chi connectivity index (χ3v) is 5.04. The van der Waals surface area contributed by atoms with Gasteiger partial charge in [0.25, 0.3) is 0 Å². The van der Waals surface area contributed by atoms with E-state index in [1.165, 1.54) is 12.0 Å². The fourth-order valence-corrected chi connectivity index (χ4v) is 3.34. The van der Waals surface area contributed by atoms with Crippen molar-refractivity contribution in [2.45, 2.75) is 19.8 Å². The maximum atomic E-state index is 12.5. The van der Waals surface area contributed by atoms with E-state index in [2.05, 4.69) is 5.32 Å². The van der Waals surface area contributed by atoms with Crippen molar-refractivity contribution in [1.82, 2.24) is 9.80 Å². The second-order valence-electron chi connectivity index (χ2n) is 6.95. The van der Waals surface area contributed by atoms with Gasteiger partial charge in [0.05, 0.1) is 38.4 Å². The summed E-state index contributed by atoms with van der Waals surface area (Å²) in [7, 11) is 3.09. The maximum Gasteiger partial charge on any atom is 0.309 e. The number of benzene rings is 1. The van der Waals surface area contributed by atoms with Crippen LogP contribution >= 0.6 is 11.6 Å². The topological polar surface area (TPSA) is 88.2 Å². The van der Waals surface area contributed by atoms with Crippen LogP contribution in [0.5, 0.6) is 5.75 Å². The lowest BCUT2D eigenvalue weighted by Crippen LogP contribution is -2.45. The first kappa shape index (κ1) is 23.0. The molecule has 0 unspecified atom stereocenters. The fraction of sp³-hybridized carbons (Fsp3) is 0.550. The van der Waals surface area contributed by atoms with E-state index in [1.54, 1.807) is 32.2 Å². The number of carbonyl (C=O) groups excluding carboxylic acids is 3. The number of likely N-dealkylation sites (tertiary alicyclic amines) is 1. The van der Waals surface area contributed by atoms with Crippen LogP contribution in [0.1, 0.15) is 19.8 Å². The van der Waals surface area contributed by atoms with Gasteiger partial charge < -0.3 is 19.7 Å². The summed E-state index contributed by atoms with van der Waals surface area (Å²) >= 11 is 5.96. The number of ether oxygens (including phenoxy) is 2. The van der Waals surface area contributed by atoms with E-state index in [4.69, 9.17) is 21.1 Å². The summed E-state index contributed by atoms with van der Waals surface area (Å²) in [5.74, 6) is -0.280. The van der Waals surface area contributed by atoms with Crippen LogP contribution in [0.15, 0.2) is 18.2 Å². The number of hydrogen-bond acceptors (Lipinski definition) is 6. The zero-order chi connectivity index (χ0) is 21.4. The number of rotatable bonds is 8. The molecule has 1 aliphatic heterocycles. The van der Waals surface area contributed by atoms with Gasteiger partial charge in [0.15, 0.2) is 0 Å². The van der Waals surface area contributed by atoms with Crippen molar-refractivity contribution in [3.63, 3.8) is 0 Å². The number of esters is 1. The van der Waals surface area contributed by atoms with Gasteiger partial charge in [-0.05, 0) is 51.1 Å². The Morgan fingerprint density at radius 2 is 1.97 bits per heavy atom. The molecular formula is C20H28ClN3O5. The van der Waals surface area contributed by atoms with Crippen LogP contribution in [0, 0.1) is 5.92 Å². The number of nitrogens with zero attached hydrogens (tertiary/aromatic N) is 2. The molecule has 0 atom stereocenters. The maximum absolute atomic E-state index is 12.5. The Labute approximate surface area is 176 Å². The van der Waals surface area contributed by atoms with Gasteiger partial charge in [-0.3, -0.25) is 19.3 Å². The van der Waals surface area contributed by atoms with Gasteiger partial charge in [0, 0.05) is 12.1 Å². The number of halogens is 1. The molecule has 0 saturated carbocycles. The summed E-state index contributed by atoms with van der Waals surface area (Å²) in [5.41, 5.74) is 0.451. The molecule has 9 heteroatoms. The number of methoxy groups -OCH3 is 1. The molecular weight excluding hydrogens is 398 g/mol. The number of piperidine rings is 1. The summed E-state index contributed by atoms with van der Waals surface area (Å²) in [5, 5.41) is 3.18. The minimum absolute atomic E-state index is 0.0895. The monoisotopic (exact) mass is 425 g/mol. The molecule has 1 N–H and O–H groups in total. The fourth-order valence-electron chi connectivity index (χ4n) is 3.17. The van der Waals surface area contributed by atoms with Crippen LogP contribution in [-0.2, 0) is 19.1 Å². The van der Waals surface area contributed by atoms with Crippen molar-refractivity contribution < 1.29 is 23.9 Å². The molecule has 1 saturated heterocycles. The Kier molecular flexibility index (Phi) is 8.72. The van der Waals surface area contributed by atoms with Gasteiger partial charge in [-0.1, -0.05) is 11.6 Å². The number of amides is 2. The van der Waals surface area contributed by atoms with Crippen LogP contribution in [0.2, 0.25) is 5.02 Å². The zero-order valence-electron chi connectivity index (χ0n) is 17.1. The Morgan fingerprint density at radius 3 is 2.59 bits per heavy atom. The summed E-state index contributed by atoms with van der Waals surface area (Å²) in [6.07, 6.45) is 1.34. The molecule has 1 aliphatic rings. The number of anilines is 1. The molecule has 0 bridgehead atoms. The first-order chi connectivity index (χ1) is 13.8. The number of carbonyl (C=O) groups is 3. The Morgan fingerprint density at radius 1 is 1.28 bits per heavy atom. The van der Waals surface area contributed by atoms with E-state index in [9.17, 15) is 14.4 Å². The lowest BCUT2D eigenvalue weighted by Gasteiger charge is -2.31. The highest BCUT2D eigenvalue weighted by atomic mass is 35.5. The predicted octanol–water partition coefficient (Wildman–Crippen LogP) is 2.02. The summed E-state index contributed by atoms with van der Waals surface area (Å²) in [6.45, 7) is 3.59. The van der Waals surface area contributed by atoms with Gasteiger partial charge in [-0.25, -0.2) is 0 Å². The van der Waals surface area contributed by atoms with Gasteiger partial charge in [0.2, 0.25) is 11.8 Å². The molecule has 2 rings (SSSR count). The van der Waals surface area contributed by atoms with E-state index in [0.717, 1.165) is 0 Å². The largest absolute Gasteiger partial charge is 0.495 e. The van der Waals surface area contributed by atoms with Crippen molar-refractivity contribution in [3.05, 3.63) is 23.2 Å². The lowest BCUT2D eigenvalue weighted by atomic mass is 9.97. The van der Waals surface area contributed by atoms with Gasteiger partial charge >= 0.3 is 5.97 Å². The van der Waals surface area contributed by atoms with E-state index in [-0.39, 0.29) is 36.8 Å². The van der Waals surface area contributed by atoms with Gasteiger partial charge in [-0.15, -0.1) is 0 Å². The molecule has 0 radical (unpaired) electrons. The quantitative estimate of drug-likeness (QED) is 0.641. The predicted molar refractivity (Wildman–Crippen MR) is 110 cm³/mol. The van der Waals surface area contributed by atoms with Crippen LogP contribution < -0.4 is 10.1 Å². The minimum atomic E-state index is -0.345. The summed E-state index contributed by atoms with van der Waals surface area (Å²) < 4.78 is 10.3. The van der Waals surface area contributed by atoms with Crippen LogP contribution in [-0.4, -0.2) is 74.5 Å². The summed E-state index contributed by atoms with van der Waals surface area (Å²) in [4.78, 5) is 39.9. The molecule has 0 aromatic heterocycles. The number of hydrogen-bond donors (Lipinski definition) is 1. The molecule has 1 aromatic carbocycles. The zero-order valence-corrected chi connectivity index (χ0v) is 17.8. The van der Waals surface area contributed by atoms with E-state index in [1.807, 2.05) is 4.90 Å². The van der Waals surface area contributed by atoms with Crippen LogP contribution in [0.3, 0.4) is 0 Å². The van der Waals surface area contributed by atoms with Crippen molar-refractivity contribution in [3.8, 4) is 5.75 Å². The molecule has 1 fully saturated rings. The minimum Gasteiger partial charge on any atom is -0.495 e. The Hall–Kier alpha value is -2.32. The standard InChI is InChI=1S/C20H28ClN3O5/c1-4-29-20(27)14-7-9-24(10-8-14)13-19(26)23(2)12-18(25)22-16-11-15(21)5-6-17(16)28-3/h5-6,11,14H,4,7-10,12-13H2,1-3H3,(H,22,25). The van der Waals surface area contributed by atoms with E-state index >= 15 is 0 Å². The second-order valence-corrected chi connectivity index (χ2v) is 7.38. The smallest absolute Gasteiger partial charge is 0.309 e. The molecule has 1 aromatic rings. The van der Waals surface area contributed by atoms with Gasteiger partial charge in [-0.2, -0.15) is 0 Å². The molecule has 2 amide bonds. The SMILES string of the molecule is CCOC(=O)C1CCN(CC(=O)N(C)CC(=O)Nc2cc(Cl)ccc2OC)CC1. The number of likely N-dealkylation sites (N-methyl/N-ethyl adjacent to an activating group) is 1. The van der Waals surface area contributed by atoms with Crippen LogP contribution in [0.25, 0.3) is 0 Å². The number of nitrogens with one attached hydrogen (secondary N) is 1. The first-order valence-corrected chi connectivity index (χ1v) is 9.98. The highest BCUT2D eigenvalue weighted by Crippen LogP contribution is 2.27. The first-order valence-electron chi connectivity index (χ1n) is 9.60. The highest BCUT2D eigenvalue weighted by molar-refractivity contribution is 6.31. The molecule has 29 heavy (non-hydrogen) atoms. The average molecular weight is 426 g/mol. The van der Waals surface area contributed by atoms with Crippen molar-refractivity contribution in [2.24, 2.45) is 5.92 Å². The Bertz CT molecular complexity index is 735. The lowest BCUT2D eigenvalue weighted by molar-refractivity contribution is -0.149. The van der Waals surface area contributed by atoms with Crippen molar-refractivity contribution in [1.29, 1.82) is 0 Å². The average Bonchev–Trinajstić information content (AvgIpc) is 2.68. The van der Waals surface area contributed by atoms with E-state index in [0.29, 0.717) is 49.0 Å². The third-order valence-electron chi connectivity index (χ3n) is 4.81. The molecule has 160 valence electrons. The molecule has 8 nitrogen and oxygen atoms in total. The summed E-state index contributed by atoms with van der Waals surface area (Å²) in [6, 6.07) is 4.91. The van der Waals surface area contributed by atoms with Crippen molar-refractivity contribution >= 4 is 35.1 Å². The van der Waals surface area contributed by atoms with E-state index < -0.39 is 0 Å². The molecule has 0 spiro atoms. The second kappa shape index (κ2) is 11.0. The normalized spacial score (nSPS) is 14.9. The van der Waals surface area contributed by atoms with Gasteiger partial charge in [0.1, 0.15) is 5.75 Å². The molecule has 1 heterocycles. The van der Waals surface area contributed by atoms with Crippen molar-refractivity contribution in [2.75, 3.05) is 52.3 Å². The highest BCUT2D eigenvalue weighted by Gasteiger charge is 2.27. The molecule has 0 aliphatic carbocycles.